The van der Waals surface area contributed by atoms with Crippen LogP contribution in [0.4, 0.5) is 0 Å². The van der Waals surface area contributed by atoms with E-state index >= 15 is 0 Å². The summed E-state index contributed by atoms with van der Waals surface area (Å²) in [5.41, 5.74) is 1.71. The maximum Gasteiger partial charge on any atom is 0.336 e. The first-order valence-electron chi connectivity index (χ1n) is 7.71. The van der Waals surface area contributed by atoms with E-state index in [-0.39, 0.29) is 0 Å². The molecule has 0 spiro atoms. The Hall–Kier alpha value is -3.41. The van der Waals surface area contributed by atoms with Crippen LogP contribution < -0.4 is 9.47 Å². The van der Waals surface area contributed by atoms with Crippen molar-refractivity contribution in [1.29, 1.82) is 0 Å². The highest BCUT2D eigenvalue weighted by Crippen LogP contribution is 2.17. The highest BCUT2D eigenvalue weighted by molar-refractivity contribution is 5.88. The van der Waals surface area contributed by atoms with Crippen LogP contribution in [-0.2, 0) is 11.3 Å². The summed E-state index contributed by atoms with van der Waals surface area (Å²) in [5, 5.41) is 8.06. The molecular weight excluding hydrogens is 318 g/mol. The summed E-state index contributed by atoms with van der Waals surface area (Å²) in [6.45, 7) is 0.623. The molecule has 0 aliphatic carbocycles. The Morgan fingerprint density at radius 2 is 1.80 bits per heavy atom. The first-order chi connectivity index (χ1) is 12.2. The summed E-state index contributed by atoms with van der Waals surface area (Å²) < 4.78 is 12.0. The van der Waals surface area contributed by atoms with Gasteiger partial charge in [0, 0.05) is 6.08 Å². The van der Waals surface area contributed by atoms with Gasteiger partial charge < -0.3 is 9.47 Å². The molecule has 3 rings (SSSR count). The van der Waals surface area contributed by atoms with Gasteiger partial charge >= 0.3 is 5.97 Å². The number of aromatic nitrogens is 3. The van der Waals surface area contributed by atoms with Crippen LogP contribution in [0.5, 0.6) is 11.5 Å². The Labute approximate surface area is 145 Å². The van der Waals surface area contributed by atoms with Crippen LogP contribution in [0.1, 0.15) is 11.3 Å². The molecule has 3 aromatic rings. The van der Waals surface area contributed by atoms with Crippen LogP contribution in [0, 0.1) is 0 Å². The number of hydrogen-bond donors (Lipinski definition) is 0. The number of carbonyl (C=O) groups excluding carboxylic acids is 1. The molecule has 0 fully saturated rings. The molecule has 1 aromatic heterocycles. The van der Waals surface area contributed by atoms with Crippen molar-refractivity contribution < 1.29 is 14.3 Å². The number of ether oxygens (including phenoxy) is 2. The van der Waals surface area contributed by atoms with Crippen molar-refractivity contribution in [2.24, 2.45) is 0 Å². The Morgan fingerprint density at radius 1 is 1.08 bits per heavy atom. The fourth-order valence-corrected chi connectivity index (χ4v) is 2.18. The fourth-order valence-electron chi connectivity index (χ4n) is 2.18. The lowest BCUT2D eigenvalue weighted by Gasteiger charge is -2.02. The minimum absolute atomic E-state index is 0.447. The van der Waals surface area contributed by atoms with Crippen molar-refractivity contribution in [2.75, 3.05) is 7.11 Å². The molecule has 0 amide bonds. The predicted octanol–water partition coefficient (Wildman–Crippen LogP) is 2.95. The zero-order valence-corrected chi connectivity index (χ0v) is 13.7. The highest BCUT2D eigenvalue weighted by atomic mass is 16.5. The first-order valence-corrected chi connectivity index (χ1v) is 7.71. The Kier molecular flexibility index (Phi) is 5.21. The topological polar surface area (TPSA) is 66.2 Å². The average Bonchev–Trinajstić information content (AvgIpc) is 3.09. The SMILES string of the molecule is COc1ccc(OC(=O)/C=C\c2cn(Cc3ccccc3)nn2)cc1. The largest absolute Gasteiger partial charge is 0.497 e. The Balaban J connectivity index is 1.57. The monoisotopic (exact) mass is 335 g/mol. The van der Waals surface area contributed by atoms with Gasteiger partial charge in [0.25, 0.3) is 0 Å². The number of esters is 1. The van der Waals surface area contributed by atoms with Crippen LogP contribution >= 0.6 is 0 Å². The van der Waals surface area contributed by atoms with E-state index in [1.165, 1.54) is 6.08 Å². The summed E-state index contributed by atoms with van der Waals surface area (Å²) in [6.07, 6.45) is 4.66. The quantitative estimate of drug-likeness (QED) is 0.394. The lowest BCUT2D eigenvalue weighted by molar-refractivity contribution is -0.128. The third-order valence-electron chi connectivity index (χ3n) is 3.41. The van der Waals surface area contributed by atoms with Gasteiger partial charge in [-0.3, -0.25) is 0 Å². The molecule has 0 saturated heterocycles. The van der Waals surface area contributed by atoms with Gasteiger partial charge in [-0.05, 0) is 35.9 Å². The van der Waals surface area contributed by atoms with Crippen molar-refractivity contribution >= 4 is 12.0 Å². The predicted molar refractivity (Wildman–Crippen MR) is 93.2 cm³/mol. The van der Waals surface area contributed by atoms with Crippen molar-refractivity contribution in [2.45, 2.75) is 6.54 Å². The normalized spacial score (nSPS) is 10.8. The molecule has 0 N–H and O–H groups in total. The van der Waals surface area contributed by atoms with Gasteiger partial charge in [0.15, 0.2) is 0 Å². The van der Waals surface area contributed by atoms with E-state index in [1.807, 2.05) is 30.3 Å². The number of nitrogens with zero attached hydrogens (tertiary/aromatic N) is 3. The summed E-state index contributed by atoms with van der Waals surface area (Å²) in [5.74, 6) is 0.663. The second-order valence-electron chi connectivity index (χ2n) is 5.26. The van der Waals surface area contributed by atoms with Gasteiger partial charge in [-0.2, -0.15) is 0 Å². The maximum absolute atomic E-state index is 11.8. The van der Waals surface area contributed by atoms with E-state index in [9.17, 15) is 4.79 Å². The van der Waals surface area contributed by atoms with Gasteiger partial charge in [-0.25, -0.2) is 9.48 Å². The molecule has 6 nitrogen and oxygen atoms in total. The van der Waals surface area contributed by atoms with Gasteiger partial charge in [0.2, 0.25) is 0 Å². The van der Waals surface area contributed by atoms with E-state index < -0.39 is 5.97 Å². The van der Waals surface area contributed by atoms with Gasteiger partial charge in [0.1, 0.15) is 17.2 Å². The third kappa shape index (κ3) is 4.78. The smallest absolute Gasteiger partial charge is 0.336 e. The molecule has 0 atom stereocenters. The molecule has 0 aliphatic rings. The van der Waals surface area contributed by atoms with Gasteiger partial charge in [-0.1, -0.05) is 35.5 Å². The molecule has 126 valence electrons. The first kappa shape index (κ1) is 16.4. The minimum Gasteiger partial charge on any atom is -0.497 e. The van der Waals surface area contributed by atoms with Gasteiger partial charge in [0.05, 0.1) is 19.9 Å². The van der Waals surface area contributed by atoms with Crippen LogP contribution in [0.25, 0.3) is 6.08 Å². The number of hydrogen-bond acceptors (Lipinski definition) is 5. The number of benzene rings is 2. The van der Waals surface area contributed by atoms with Crippen molar-refractivity contribution in [3.05, 3.63) is 78.1 Å². The van der Waals surface area contributed by atoms with E-state index in [0.29, 0.717) is 23.7 Å². The molecule has 0 bridgehead atoms. The Bertz CT molecular complexity index is 855. The number of methoxy groups -OCH3 is 1. The number of carbonyl (C=O) groups is 1. The highest BCUT2D eigenvalue weighted by Gasteiger charge is 2.03. The zero-order chi connectivity index (χ0) is 17.5. The molecule has 0 radical (unpaired) electrons. The van der Waals surface area contributed by atoms with Crippen LogP contribution in [0.15, 0.2) is 66.9 Å². The van der Waals surface area contributed by atoms with E-state index in [1.54, 1.807) is 48.3 Å². The molecule has 1 heterocycles. The summed E-state index contributed by atoms with van der Waals surface area (Å²) in [4.78, 5) is 11.8. The fraction of sp³-hybridized carbons (Fsp3) is 0.105. The lowest BCUT2D eigenvalue weighted by Crippen LogP contribution is -2.03. The van der Waals surface area contributed by atoms with Crippen molar-refractivity contribution in [1.82, 2.24) is 15.0 Å². The van der Waals surface area contributed by atoms with Crippen molar-refractivity contribution in [3.8, 4) is 11.5 Å². The van der Waals surface area contributed by atoms with Crippen molar-refractivity contribution in [3.63, 3.8) is 0 Å². The summed E-state index contributed by atoms with van der Waals surface area (Å²) in [6, 6.07) is 16.7. The van der Waals surface area contributed by atoms with E-state index in [0.717, 1.165) is 5.56 Å². The molecule has 0 aliphatic heterocycles. The van der Waals surface area contributed by atoms with E-state index in [4.69, 9.17) is 9.47 Å². The summed E-state index contributed by atoms with van der Waals surface area (Å²) >= 11 is 0. The average molecular weight is 335 g/mol. The van der Waals surface area contributed by atoms with Crippen LogP contribution in [0.3, 0.4) is 0 Å². The Morgan fingerprint density at radius 3 is 2.52 bits per heavy atom. The minimum atomic E-state index is -0.484. The zero-order valence-electron chi connectivity index (χ0n) is 13.7. The van der Waals surface area contributed by atoms with Crippen LogP contribution in [-0.4, -0.2) is 28.1 Å². The molecular formula is C19H17N3O3. The number of rotatable bonds is 6. The lowest BCUT2D eigenvalue weighted by atomic mass is 10.2. The maximum atomic E-state index is 11.8. The van der Waals surface area contributed by atoms with Crippen LogP contribution in [0.2, 0.25) is 0 Å². The molecule has 25 heavy (non-hydrogen) atoms. The van der Waals surface area contributed by atoms with E-state index in [2.05, 4.69) is 10.3 Å². The molecule has 0 saturated carbocycles. The standard InChI is InChI=1S/C19H17N3O3/c1-24-17-8-10-18(11-9-17)25-19(23)12-7-16-14-22(21-20-16)13-15-5-3-2-4-6-15/h2-12,14H,13H2,1H3/b12-7-. The third-order valence-corrected chi connectivity index (χ3v) is 3.41. The summed E-state index contributed by atoms with van der Waals surface area (Å²) in [7, 11) is 1.58. The second kappa shape index (κ2) is 7.92. The molecule has 2 aromatic carbocycles. The van der Waals surface area contributed by atoms with Gasteiger partial charge in [-0.15, -0.1) is 5.10 Å². The molecule has 6 heteroatoms. The molecule has 0 unspecified atom stereocenters. The second-order valence-corrected chi connectivity index (χ2v) is 5.26.